The van der Waals surface area contributed by atoms with Crippen molar-refractivity contribution in [2.75, 3.05) is 13.1 Å². The van der Waals surface area contributed by atoms with Gasteiger partial charge in [-0.25, -0.2) is 0 Å². The average molecular weight is 385 g/mol. The summed E-state index contributed by atoms with van der Waals surface area (Å²) in [6.45, 7) is 7.05. The number of halogens is 1. The Hall–Kier alpha value is -1.84. The molecule has 3 rings (SSSR count). The number of amides is 1. The predicted molar refractivity (Wildman–Crippen MR) is 112 cm³/mol. The van der Waals surface area contributed by atoms with Gasteiger partial charge in [0, 0.05) is 17.5 Å². The Morgan fingerprint density at radius 3 is 2.33 bits per heavy atom. The molecule has 1 aliphatic heterocycles. The van der Waals surface area contributed by atoms with Crippen LogP contribution in [-0.4, -0.2) is 23.9 Å². The topological polar surface area (TPSA) is 32.3 Å². The number of rotatable bonds is 6. The lowest BCUT2D eigenvalue weighted by atomic mass is 9.94. The van der Waals surface area contributed by atoms with Crippen LogP contribution >= 0.6 is 11.6 Å². The molecule has 1 heterocycles. The van der Waals surface area contributed by atoms with E-state index in [0.29, 0.717) is 0 Å². The van der Waals surface area contributed by atoms with Crippen molar-refractivity contribution in [1.29, 1.82) is 0 Å². The molecule has 1 fully saturated rings. The third kappa shape index (κ3) is 5.57. The first-order valence-corrected chi connectivity index (χ1v) is 10.3. The number of hydrogen-bond donors (Lipinski definition) is 1. The Balaban J connectivity index is 1.50. The first kappa shape index (κ1) is 19.9. The van der Waals surface area contributed by atoms with Crippen molar-refractivity contribution in [1.82, 2.24) is 10.2 Å². The molecule has 1 saturated heterocycles. The quantitative estimate of drug-likeness (QED) is 0.748. The van der Waals surface area contributed by atoms with E-state index in [2.05, 4.69) is 60.5 Å². The van der Waals surface area contributed by atoms with Crippen LogP contribution in [0.1, 0.15) is 48.9 Å². The second kappa shape index (κ2) is 9.38. The Morgan fingerprint density at radius 1 is 1.11 bits per heavy atom. The molecule has 1 aliphatic rings. The first-order valence-electron chi connectivity index (χ1n) is 9.89. The summed E-state index contributed by atoms with van der Waals surface area (Å²) in [5.74, 6) is 0.319. The van der Waals surface area contributed by atoms with Crippen molar-refractivity contribution in [3.8, 4) is 0 Å². The van der Waals surface area contributed by atoms with Gasteiger partial charge in [0.2, 0.25) is 5.91 Å². The SMILES string of the molecule is CCC(NC(=O)C1CCN(Cc2ccc(Cl)cc2)CC1)c1ccc(C)cc1. The molecule has 0 aliphatic carbocycles. The van der Waals surface area contributed by atoms with Crippen molar-refractivity contribution in [3.63, 3.8) is 0 Å². The Labute approximate surface area is 167 Å². The van der Waals surface area contributed by atoms with Crippen molar-refractivity contribution in [3.05, 3.63) is 70.2 Å². The molecule has 1 amide bonds. The third-order valence-electron chi connectivity index (χ3n) is 5.48. The Morgan fingerprint density at radius 2 is 1.74 bits per heavy atom. The second-order valence-electron chi connectivity index (χ2n) is 7.56. The second-order valence-corrected chi connectivity index (χ2v) is 7.99. The van der Waals surface area contributed by atoms with E-state index in [1.54, 1.807) is 0 Å². The van der Waals surface area contributed by atoms with Crippen LogP contribution in [-0.2, 0) is 11.3 Å². The number of piperidine rings is 1. The maximum Gasteiger partial charge on any atom is 0.223 e. The van der Waals surface area contributed by atoms with E-state index < -0.39 is 0 Å². The van der Waals surface area contributed by atoms with E-state index >= 15 is 0 Å². The minimum absolute atomic E-state index is 0.102. The molecule has 0 bridgehead atoms. The van der Waals surface area contributed by atoms with Gasteiger partial charge in [-0.05, 0) is 62.5 Å². The zero-order valence-corrected chi connectivity index (χ0v) is 17.0. The first-order chi connectivity index (χ1) is 13.0. The average Bonchev–Trinajstić information content (AvgIpc) is 2.69. The highest BCUT2D eigenvalue weighted by atomic mass is 35.5. The van der Waals surface area contributed by atoms with Gasteiger partial charge in [-0.3, -0.25) is 9.69 Å². The molecule has 0 radical (unpaired) electrons. The van der Waals surface area contributed by atoms with Gasteiger partial charge >= 0.3 is 0 Å². The van der Waals surface area contributed by atoms with Crippen LogP contribution in [0.3, 0.4) is 0 Å². The van der Waals surface area contributed by atoms with Crippen LogP contribution in [0, 0.1) is 12.8 Å². The summed E-state index contributed by atoms with van der Waals surface area (Å²) < 4.78 is 0. The van der Waals surface area contributed by atoms with Gasteiger partial charge in [0.1, 0.15) is 0 Å². The highest BCUT2D eigenvalue weighted by molar-refractivity contribution is 6.30. The molecular weight excluding hydrogens is 356 g/mol. The maximum absolute atomic E-state index is 12.8. The fourth-order valence-corrected chi connectivity index (χ4v) is 3.84. The summed E-state index contributed by atoms with van der Waals surface area (Å²) in [6, 6.07) is 16.6. The van der Waals surface area contributed by atoms with Crippen LogP contribution in [0.25, 0.3) is 0 Å². The van der Waals surface area contributed by atoms with Crippen molar-refractivity contribution >= 4 is 17.5 Å². The van der Waals surface area contributed by atoms with Crippen molar-refractivity contribution in [2.24, 2.45) is 5.92 Å². The fourth-order valence-electron chi connectivity index (χ4n) is 3.71. The van der Waals surface area contributed by atoms with E-state index in [0.717, 1.165) is 43.9 Å². The lowest BCUT2D eigenvalue weighted by molar-refractivity contribution is -0.127. The van der Waals surface area contributed by atoms with Crippen molar-refractivity contribution in [2.45, 2.75) is 45.7 Å². The molecule has 1 N–H and O–H groups in total. The molecule has 2 aromatic carbocycles. The molecule has 1 atom stereocenters. The molecule has 3 nitrogen and oxygen atoms in total. The number of hydrogen-bond acceptors (Lipinski definition) is 2. The summed E-state index contributed by atoms with van der Waals surface area (Å²) in [7, 11) is 0. The fraction of sp³-hybridized carbons (Fsp3) is 0.435. The minimum atomic E-state index is 0.102. The molecule has 0 aromatic heterocycles. The highest BCUT2D eigenvalue weighted by Gasteiger charge is 2.26. The number of nitrogens with zero attached hydrogens (tertiary/aromatic N) is 1. The molecule has 27 heavy (non-hydrogen) atoms. The number of aryl methyl sites for hydroxylation is 1. The Kier molecular flexibility index (Phi) is 6.92. The van der Waals surface area contributed by atoms with Gasteiger partial charge in [0.05, 0.1) is 6.04 Å². The summed E-state index contributed by atoms with van der Waals surface area (Å²) in [4.78, 5) is 15.2. The smallest absolute Gasteiger partial charge is 0.223 e. The number of likely N-dealkylation sites (tertiary alicyclic amines) is 1. The molecule has 0 saturated carbocycles. The zero-order chi connectivity index (χ0) is 19.2. The van der Waals surface area contributed by atoms with Gasteiger partial charge < -0.3 is 5.32 Å². The van der Waals surface area contributed by atoms with E-state index in [1.807, 2.05) is 12.1 Å². The van der Waals surface area contributed by atoms with Crippen LogP contribution in [0.15, 0.2) is 48.5 Å². The van der Waals surface area contributed by atoms with Gasteiger partial charge in [0.15, 0.2) is 0 Å². The third-order valence-corrected chi connectivity index (χ3v) is 5.73. The van der Waals surface area contributed by atoms with E-state index in [9.17, 15) is 4.79 Å². The summed E-state index contributed by atoms with van der Waals surface area (Å²) in [5.41, 5.74) is 3.71. The zero-order valence-electron chi connectivity index (χ0n) is 16.2. The number of carbonyl (C=O) groups is 1. The van der Waals surface area contributed by atoms with Crippen molar-refractivity contribution < 1.29 is 4.79 Å². The van der Waals surface area contributed by atoms with Crippen LogP contribution in [0.5, 0.6) is 0 Å². The Bertz CT molecular complexity index is 734. The van der Waals surface area contributed by atoms with Gasteiger partial charge in [-0.1, -0.05) is 60.5 Å². The minimum Gasteiger partial charge on any atom is -0.349 e. The van der Waals surface area contributed by atoms with E-state index in [4.69, 9.17) is 11.6 Å². The molecule has 4 heteroatoms. The lowest BCUT2D eigenvalue weighted by Crippen LogP contribution is -2.41. The normalized spacial score (nSPS) is 16.9. The van der Waals surface area contributed by atoms with Crippen LogP contribution in [0.4, 0.5) is 0 Å². The van der Waals surface area contributed by atoms with Crippen LogP contribution in [0.2, 0.25) is 5.02 Å². The monoisotopic (exact) mass is 384 g/mol. The van der Waals surface area contributed by atoms with Crippen LogP contribution < -0.4 is 5.32 Å². The summed E-state index contributed by atoms with van der Waals surface area (Å²) in [6.07, 6.45) is 2.75. The maximum atomic E-state index is 12.8. The van der Waals surface area contributed by atoms with Gasteiger partial charge in [-0.15, -0.1) is 0 Å². The summed E-state index contributed by atoms with van der Waals surface area (Å²) in [5, 5.41) is 4.04. The molecule has 2 aromatic rings. The standard InChI is InChI=1S/C23H29ClN2O/c1-3-22(19-8-4-17(2)5-9-19)25-23(27)20-12-14-26(15-13-20)16-18-6-10-21(24)11-7-18/h4-11,20,22H,3,12-16H2,1-2H3,(H,25,27). The largest absolute Gasteiger partial charge is 0.349 e. The number of nitrogens with one attached hydrogen (secondary N) is 1. The van der Waals surface area contributed by atoms with E-state index in [-0.39, 0.29) is 17.9 Å². The molecule has 1 unspecified atom stereocenters. The number of benzene rings is 2. The lowest BCUT2D eigenvalue weighted by Gasteiger charge is -2.32. The molecule has 144 valence electrons. The van der Waals surface area contributed by atoms with E-state index in [1.165, 1.54) is 16.7 Å². The predicted octanol–water partition coefficient (Wildman–Crippen LogP) is 5.13. The number of carbonyl (C=O) groups excluding carboxylic acids is 1. The van der Waals surface area contributed by atoms with Gasteiger partial charge in [0.25, 0.3) is 0 Å². The summed E-state index contributed by atoms with van der Waals surface area (Å²) >= 11 is 5.96. The molecule has 0 spiro atoms. The van der Waals surface area contributed by atoms with Gasteiger partial charge in [-0.2, -0.15) is 0 Å². The molecular formula is C23H29ClN2O. The highest BCUT2D eigenvalue weighted by Crippen LogP contribution is 2.23.